The molecular weight excluding hydrogens is 247 g/mol. The number of hydrogen-bond donors (Lipinski definition) is 2. The molecule has 0 aromatic carbocycles. The van der Waals surface area contributed by atoms with Gasteiger partial charge in [0.25, 0.3) is 0 Å². The molecule has 0 saturated heterocycles. The highest BCUT2D eigenvalue weighted by Gasteiger charge is 2.11. The fourth-order valence-corrected chi connectivity index (χ4v) is 1.86. The van der Waals surface area contributed by atoms with Gasteiger partial charge in [0.1, 0.15) is 0 Å². The monoisotopic (exact) mass is 264 g/mol. The lowest BCUT2D eigenvalue weighted by atomic mass is 10.2. The lowest BCUT2D eigenvalue weighted by Gasteiger charge is -2.08. The van der Waals surface area contributed by atoms with Crippen molar-refractivity contribution in [2.24, 2.45) is 7.05 Å². The molecular formula is C12H17FN6. The molecule has 102 valence electrons. The Morgan fingerprint density at radius 3 is 2.68 bits per heavy atom. The smallest absolute Gasteiger partial charge is 0.224 e. The molecule has 0 atom stereocenters. The van der Waals surface area contributed by atoms with Crippen LogP contribution in [0.5, 0.6) is 0 Å². The first kappa shape index (κ1) is 13.3. The van der Waals surface area contributed by atoms with Crippen molar-refractivity contribution in [3.8, 4) is 0 Å². The van der Waals surface area contributed by atoms with Gasteiger partial charge in [0, 0.05) is 31.9 Å². The lowest BCUT2D eigenvalue weighted by molar-refractivity contribution is 0.617. The van der Waals surface area contributed by atoms with E-state index in [9.17, 15) is 4.39 Å². The molecule has 2 aromatic heterocycles. The zero-order chi connectivity index (χ0) is 14.0. The lowest BCUT2D eigenvalue weighted by Crippen LogP contribution is -2.08. The van der Waals surface area contributed by atoms with Gasteiger partial charge in [-0.15, -0.1) is 0 Å². The maximum absolute atomic E-state index is 13.6. The highest BCUT2D eigenvalue weighted by atomic mass is 19.1. The maximum atomic E-state index is 13.6. The van der Waals surface area contributed by atoms with E-state index in [4.69, 9.17) is 0 Å². The van der Waals surface area contributed by atoms with Crippen LogP contribution < -0.4 is 10.6 Å². The van der Waals surface area contributed by atoms with Crippen molar-refractivity contribution in [2.75, 3.05) is 17.7 Å². The third kappa shape index (κ3) is 2.64. The third-order valence-electron chi connectivity index (χ3n) is 3.06. The van der Waals surface area contributed by atoms with Gasteiger partial charge in [-0.2, -0.15) is 10.1 Å². The van der Waals surface area contributed by atoms with E-state index in [1.54, 1.807) is 7.05 Å². The predicted octanol–water partition coefficient (Wildman–Crippen LogP) is 1.62. The SMILES string of the molecule is CNc1ncc(F)c(NCc2c(C)nn(C)c2C)n1. The van der Waals surface area contributed by atoms with Crippen LogP contribution in [0, 0.1) is 19.7 Å². The molecule has 19 heavy (non-hydrogen) atoms. The Hall–Kier alpha value is -2.18. The molecule has 0 aliphatic heterocycles. The minimum absolute atomic E-state index is 0.182. The van der Waals surface area contributed by atoms with Crippen molar-refractivity contribution >= 4 is 11.8 Å². The number of anilines is 2. The van der Waals surface area contributed by atoms with E-state index in [0.29, 0.717) is 12.5 Å². The van der Waals surface area contributed by atoms with Crippen molar-refractivity contribution in [1.82, 2.24) is 19.7 Å². The molecule has 0 unspecified atom stereocenters. The fourth-order valence-electron chi connectivity index (χ4n) is 1.86. The first-order valence-electron chi connectivity index (χ1n) is 5.96. The Balaban J connectivity index is 2.18. The fraction of sp³-hybridized carbons (Fsp3) is 0.417. The molecule has 6 nitrogen and oxygen atoms in total. The van der Waals surface area contributed by atoms with Gasteiger partial charge in [0.2, 0.25) is 5.95 Å². The van der Waals surface area contributed by atoms with Crippen molar-refractivity contribution in [1.29, 1.82) is 0 Å². The van der Waals surface area contributed by atoms with Gasteiger partial charge < -0.3 is 10.6 Å². The van der Waals surface area contributed by atoms with Crippen molar-refractivity contribution in [2.45, 2.75) is 20.4 Å². The highest BCUT2D eigenvalue weighted by molar-refractivity contribution is 5.42. The second kappa shape index (κ2) is 5.21. The number of hydrogen-bond acceptors (Lipinski definition) is 5. The standard InChI is InChI=1S/C12H17FN6/c1-7-9(8(2)19(4)18-7)5-15-11-10(13)6-16-12(14-3)17-11/h6H,5H2,1-4H3,(H2,14,15,16,17). The highest BCUT2D eigenvalue weighted by Crippen LogP contribution is 2.16. The van der Waals surface area contributed by atoms with E-state index >= 15 is 0 Å². The summed E-state index contributed by atoms with van der Waals surface area (Å²) in [6.45, 7) is 4.38. The molecule has 0 aliphatic carbocycles. The number of nitrogens with zero attached hydrogens (tertiary/aromatic N) is 4. The van der Waals surface area contributed by atoms with E-state index in [1.807, 2.05) is 25.6 Å². The second-order valence-electron chi connectivity index (χ2n) is 4.27. The zero-order valence-electron chi connectivity index (χ0n) is 11.5. The van der Waals surface area contributed by atoms with Crippen LogP contribution in [0.3, 0.4) is 0 Å². The molecule has 2 heterocycles. The second-order valence-corrected chi connectivity index (χ2v) is 4.27. The third-order valence-corrected chi connectivity index (χ3v) is 3.06. The summed E-state index contributed by atoms with van der Waals surface area (Å²) in [6.07, 6.45) is 1.14. The van der Waals surface area contributed by atoms with Gasteiger partial charge in [-0.3, -0.25) is 4.68 Å². The van der Waals surface area contributed by atoms with Crippen LogP contribution in [0.1, 0.15) is 17.0 Å². The molecule has 0 saturated carbocycles. The predicted molar refractivity (Wildman–Crippen MR) is 71.5 cm³/mol. The molecule has 0 radical (unpaired) electrons. The Bertz CT molecular complexity index is 592. The quantitative estimate of drug-likeness (QED) is 0.878. The summed E-state index contributed by atoms with van der Waals surface area (Å²) in [6, 6.07) is 0. The summed E-state index contributed by atoms with van der Waals surface area (Å²) in [4.78, 5) is 7.83. The van der Waals surface area contributed by atoms with Crippen LogP contribution >= 0.6 is 0 Å². The van der Waals surface area contributed by atoms with Crippen molar-refractivity contribution in [3.63, 3.8) is 0 Å². The Morgan fingerprint density at radius 2 is 2.11 bits per heavy atom. The van der Waals surface area contributed by atoms with Crippen molar-refractivity contribution in [3.05, 3.63) is 29.0 Å². The Kier molecular flexibility index (Phi) is 3.64. The van der Waals surface area contributed by atoms with Gasteiger partial charge in [-0.25, -0.2) is 9.37 Å². The van der Waals surface area contributed by atoms with E-state index in [0.717, 1.165) is 23.1 Å². The summed E-state index contributed by atoms with van der Waals surface area (Å²) in [5, 5.41) is 10.1. The van der Waals surface area contributed by atoms with Crippen LogP contribution in [0.2, 0.25) is 0 Å². The minimum Gasteiger partial charge on any atom is -0.363 e. The summed E-state index contributed by atoms with van der Waals surface area (Å²) in [7, 11) is 3.57. The van der Waals surface area contributed by atoms with E-state index in [-0.39, 0.29) is 5.82 Å². The average molecular weight is 264 g/mol. The molecule has 2 aromatic rings. The van der Waals surface area contributed by atoms with Crippen LogP contribution in [-0.2, 0) is 13.6 Å². The van der Waals surface area contributed by atoms with Crippen LogP contribution in [0.25, 0.3) is 0 Å². The Labute approximate surface area is 111 Å². The number of halogens is 1. The molecule has 0 aliphatic rings. The van der Waals surface area contributed by atoms with Crippen LogP contribution in [-0.4, -0.2) is 26.8 Å². The first-order chi connectivity index (χ1) is 9.02. The number of aryl methyl sites for hydroxylation is 2. The number of aromatic nitrogens is 4. The topological polar surface area (TPSA) is 67.7 Å². The summed E-state index contributed by atoms with van der Waals surface area (Å²) in [5.41, 5.74) is 3.02. The maximum Gasteiger partial charge on any atom is 0.224 e. The largest absolute Gasteiger partial charge is 0.363 e. The van der Waals surface area contributed by atoms with E-state index < -0.39 is 5.82 Å². The molecule has 7 heteroatoms. The van der Waals surface area contributed by atoms with E-state index in [2.05, 4.69) is 25.7 Å². The van der Waals surface area contributed by atoms with Gasteiger partial charge >= 0.3 is 0 Å². The van der Waals surface area contributed by atoms with E-state index in [1.165, 1.54) is 0 Å². The summed E-state index contributed by atoms with van der Waals surface area (Å²) in [5.74, 6) is 0.0868. The Morgan fingerprint density at radius 1 is 1.37 bits per heavy atom. The molecule has 2 rings (SSSR count). The minimum atomic E-state index is -0.474. The molecule has 0 spiro atoms. The molecule has 0 bridgehead atoms. The average Bonchev–Trinajstić information content (AvgIpc) is 2.63. The van der Waals surface area contributed by atoms with Gasteiger partial charge in [0.15, 0.2) is 11.6 Å². The molecule has 0 amide bonds. The normalized spacial score (nSPS) is 10.6. The van der Waals surface area contributed by atoms with Gasteiger partial charge in [-0.1, -0.05) is 0 Å². The van der Waals surface area contributed by atoms with Gasteiger partial charge in [0.05, 0.1) is 11.9 Å². The van der Waals surface area contributed by atoms with Crippen LogP contribution in [0.15, 0.2) is 6.20 Å². The molecule has 0 fully saturated rings. The number of rotatable bonds is 4. The summed E-state index contributed by atoms with van der Waals surface area (Å²) < 4.78 is 15.4. The van der Waals surface area contributed by atoms with Gasteiger partial charge in [-0.05, 0) is 13.8 Å². The number of nitrogens with one attached hydrogen (secondary N) is 2. The summed E-state index contributed by atoms with van der Waals surface area (Å²) >= 11 is 0. The first-order valence-corrected chi connectivity index (χ1v) is 5.96. The molecule has 2 N–H and O–H groups in total. The van der Waals surface area contributed by atoms with Crippen molar-refractivity contribution < 1.29 is 4.39 Å². The zero-order valence-corrected chi connectivity index (χ0v) is 11.5. The van der Waals surface area contributed by atoms with Crippen LogP contribution in [0.4, 0.5) is 16.2 Å².